The molecule has 0 saturated carbocycles. The van der Waals surface area contributed by atoms with Crippen LogP contribution in [0.4, 0.5) is 0 Å². The summed E-state index contributed by atoms with van der Waals surface area (Å²) in [5, 5.41) is 11.6. The standard InChI is InChI=1S/C46H75NO7/c1-6-8-10-12-14-16-18-19-20-21-22-23-24-25-27-28-30-32-34-36-44(48)53-41-42(40-52-39-38-43(46(50)51)47(3,4)5)54-45(49)37-35-33-31-29-26-17-15-13-11-9-7-2/h8,10,12,14,16,18-25,27,42-43H,6-7,9,11,13,15,17,26,28-41H2,1-5H3/b10-8+,14-12+,18-16+,20-19+,22-21+,24-23+,27-25+. The van der Waals surface area contributed by atoms with E-state index in [1.54, 1.807) is 21.1 Å². The van der Waals surface area contributed by atoms with Crippen LogP contribution in [0.25, 0.3) is 0 Å². The van der Waals surface area contributed by atoms with Crippen LogP contribution in [0.2, 0.25) is 0 Å². The number of unbranched alkanes of at least 4 members (excludes halogenated alkanes) is 13. The first-order valence-corrected chi connectivity index (χ1v) is 20.7. The molecule has 0 spiro atoms. The molecule has 0 aromatic rings. The molecule has 0 aromatic heterocycles. The molecule has 0 heterocycles. The molecule has 2 unspecified atom stereocenters. The smallest absolute Gasteiger partial charge is 0.306 e. The zero-order valence-electron chi connectivity index (χ0n) is 34.6. The van der Waals surface area contributed by atoms with Crippen molar-refractivity contribution in [2.75, 3.05) is 41.0 Å². The van der Waals surface area contributed by atoms with Crippen LogP contribution in [0.3, 0.4) is 0 Å². The van der Waals surface area contributed by atoms with Gasteiger partial charge in [-0.1, -0.05) is 170 Å². The molecule has 0 radical (unpaired) electrons. The lowest BCUT2D eigenvalue weighted by Crippen LogP contribution is -2.55. The molecule has 8 heteroatoms. The molecule has 306 valence electrons. The summed E-state index contributed by atoms with van der Waals surface area (Å²) in [5.41, 5.74) is 0. The van der Waals surface area contributed by atoms with Crippen LogP contribution in [0, 0.1) is 0 Å². The lowest BCUT2D eigenvalue weighted by molar-refractivity contribution is -0.889. The fourth-order valence-electron chi connectivity index (χ4n) is 5.52. The maximum atomic E-state index is 12.7. The minimum atomic E-state index is -1.14. The number of esters is 2. The van der Waals surface area contributed by atoms with Gasteiger partial charge in [-0.2, -0.15) is 0 Å². The van der Waals surface area contributed by atoms with E-state index in [0.717, 1.165) is 44.9 Å². The largest absolute Gasteiger partial charge is 0.544 e. The monoisotopic (exact) mass is 754 g/mol. The SMILES string of the molecule is CC/C=C/C=C/C=C/C=C/C=C/C=C/C=C/CCCCCC(=O)OCC(COCCC(C(=O)[O-])[N+](C)(C)C)OC(=O)CCCCCCCCCCCCC. The quantitative estimate of drug-likeness (QED) is 0.0275. The van der Waals surface area contributed by atoms with Crippen molar-refractivity contribution in [1.29, 1.82) is 0 Å². The number of ether oxygens (including phenoxy) is 3. The number of allylic oxidation sites excluding steroid dienone is 14. The Bertz CT molecular complexity index is 1160. The zero-order valence-corrected chi connectivity index (χ0v) is 34.6. The first-order valence-electron chi connectivity index (χ1n) is 20.7. The molecule has 8 nitrogen and oxygen atoms in total. The van der Waals surface area contributed by atoms with Crippen molar-refractivity contribution in [3.8, 4) is 0 Å². The molecule has 0 aliphatic heterocycles. The van der Waals surface area contributed by atoms with Gasteiger partial charge in [0, 0.05) is 19.3 Å². The van der Waals surface area contributed by atoms with Crippen LogP contribution < -0.4 is 5.11 Å². The van der Waals surface area contributed by atoms with Crippen molar-refractivity contribution in [3.63, 3.8) is 0 Å². The maximum Gasteiger partial charge on any atom is 0.306 e. The molecule has 0 rings (SSSR count). The van der Waals surface area contributed by atoms with Gasteiger partial charge in [0.25, 0.3) is 0 Å². The van der Waals surface area contributed by atoms with Gasteiger partial charge in [-0.15, -0.1) is 0 Å². The second-order valence-electron chi connectivity index (χ2n) is 14.7. The second-order valence-corrected chi connectivity index (χ2v) is 14.7. The van der Waals surface area contributed by atoms with E-state index in [9.17, 15) is 19.5 Å². The number of rotatable bonds is 35. The van der Waals surface area contributed by atoms with Crippen LogP contribution in [0.1, 0.15) is 136 Å². The summed E-state index contributed by atoms with van der Waals surface area (Å²) >= 11 is 0. The molecular weight excluding hydrogens is 679 g/mol. The van der Waals surface area contributed by atoms with Crippen molar-refractivity contribution in [2.24, 2.45) is 0 Å². The maximum absolute atomic E-state index is 12.7. The van der Waals surface area contributed by atoms with Crippen LogP contribution in [0.5, 0.6) is 0 Å². The highest BCUT2D eigenvalue weighted by Gasteiger charge is 2.25. The van der Waals surface area contributed by atoms with Gasteiger partial charge in [0.15, 0.2) is 6.10 Å². The van der Waals surface area contributed by atoms with Gasteiger partial charge in [0.05, 0.1) is 40.3 Å². The Kier molecular flexibility index (Phi) is 34.1. The number of carbonyl (C=O) groups excluding carboxylic acids is 3. The van der Waals surface area contributed by atoms with Crippen molar-refractivity contribution in [3.05, 3.63) is 85.1 Å². The normalized spacial score (nSPS) is 13.9. The van der Waals surface area contributed by atoms with Crippen LogP contribution in [-0.2, 0) is 28.6 Å². The molecular formula is C46H75NO7. The van der Waals surface area contributed by atoms with Gasteiger partial charge in [-0.3, -0.25) is 9.59 Å². The van der Waals surface area contributed by atoms with Crippen LogP contribution in [-0.4, -0.2) is 75.5 Å². The van der Waals surface area contributed by atoms with Crippen LogP contribution >= 0.6 is 0 Å². The number of aliphatic carboxylic acids is 1. The van der Waals surface area contributed by atoms with Crippen LogP contribution in [0.15, 0.2) is 85.1 Å². The van der Waals surface area contributed by atoms with E-state index in [1.165, 1.54) is 51.4 Å². The Morgan fingerprint density at radius 1 is 0.574 bits per heavy atom. The summed E-state index contributed by atoms with van der Waals surface area (Å²) in [6, 6.07) is -0.735. The fourth-order valence-corrected chi connectivity index (χ4v) is 5.52. The average molecular weight is 754 g/mol. The number of hydrogen-bond acceptors (Lipinski definition) is 7. The van der Waals surface area contributed by atoms with E-state index in [1.807, 2.05) is 72.9 Å². The van der Waals surface area contributed by atoms with Gasteiger partial charge < -0.3 is 28.6 Å². The number of likely N-dealkylation sites (N-methyl/N-ethyl adjacent to an activating group) is 1. The number of hydrogen-bond donors (Lipinski definition) is 0. The molecule has 2 atom stereocenters. The first-order chi connectivity index (χ1) is 26.1. The lowest BCUT2D eigenvalue weighted by atomic mass is 10.1. The Labute approximate surface area is 329 Å². The van der Waals surface area contributed by atoms with Gasteiger partial charge in [-0.25, -0.2) is 0 Å². The van der Waals surface area contributed by atoms with Gasteiger partial charge in [0.2, 0.25) is 0 Å². The predicted octanol–water partition coefficient (Wildman–Crippen LogP) is 9.63. The van der Waals surface area contributed by atoms with Crippen molar-refractivity contribution in [2.45, 2.75) is 148 Å². The predicted molar refractivity (Wildman–Crippen MR) is 222 cm³/mol. The Balaban J connectivity index is 4.49. The van der Waals surface area contributed by atoms with E-state index >= 15 is 0 Å². The summed E-state index contributed by atoms with van der Waals surface area (Å²) in [4.78, 5) is 36.7. The fraction of sp³-hybridized carbons (Fsp3) is 0.630. The third-order valence-corrected chi connectivity index (χ3v) is 8.74. The third kappa shape index (κ3) is 34.3. The summed E-state index contributed by atoms with van der Waals surface area (Å²) in [5.74, 6) is -1.81. The van der Waals surface area contributed by atoms with Gasteiger partial charge in [-0.05, 0) is 32.1 Å². The van der Waals surface area contributed by atoms with E-state index in [2.05, 4.69) is 26.0 Å². The molecule has 0 aliphatic carbocycles. The van der Waals surface area contributed by atoms with E-state index < -0.39 is 18.1 Å². The molecule has 0 bridgehead atoms. The third-order valence-electron chi connectivity index (χ3n) is 8.74. The summed E-state index contributed by atoms with van der Waals surface area (Å²) in [7, 11) is 5.38. The highest BCUT2D eigenvalue weighted by Crippen LogP contribution is 2.13. The molecule has 54 heavy (non-hydrogen) atoms. The molecule has 0 amide bonds. The number of carbonyl (C=O) groups is 3. The Morgan fingerprint density at radius 2 is 1.04 bits per heavy atom. The number of carboxylic acid groups (broad SMARTS) is 1. The van der Waals surface area contributed by atoms with Gasteiger partial charge in [0.1, 0.15) is 12.6 Å². The molecule has 0 fully saturated rings. The lowest BCUT2D eigenvalue weighted by Gasteiger charge is -2.34. The summed E-state index contributed by atoms with van der Waals surface area (Å²) in [6.45, 7) is 4.43. The highest BCUT2D eigenvalue weighted by atomic mass is 16.6. The summed E-state index contributed by atoms with van der Waals surface area (Å²) in [6.07, 6.45) is 46.0. The van der Waals surface area contributed by atoms with E-state index in [4.69, 9.17) is 14.2 Å². The minimum absolute atomic E-state index is 0.0219. The molecule has 0 N–H and O–H groups in total. The highest BCUT2D eigenvalue weighted by molar-refractivity contribution is 5.70. The minimum Gasteiger partial charge on any atom is -0.544 e. The van der Waals surface area contributed by atoms with Crippen molar-refractivity contribution >= 4 is 17.9 Å². The summed E-state index contributed by atoms with van der Waals surface area (Å²) < 4.78 is 17.1. The topological polar surface area (TPSA) is 102 Å². The Hall–Kier alpha value is -3.49. The number of carboxylic acids is 1. The molecule has 0 aliphatic rings. The van der Waals surface area contributed by atoms with E-state index in [-0.39, 0.29) is 42.7 Å². The Morgan fingerprint density at radius 3 is 1.54 bits per heavy atom. The number of quaternary nitrogens is 1. The second kappa shape index (κ2) is 36.5. The van der Waals surface area contributed by atoms with Crippen molar-refractivity contribution in [1.82, 2.24) is 0 Å². The zero-order chi connectivity index (χ0) is 40.0. The number of nitrogens with zero attached hydrogens (tertiary/aromatic N) is 1. The van der Waals surface area contributed by atoms with Crippen molar-refractivity contribution < 1.29 is 38.2 Å². The van der Waals surface area contributed by atoms with Gasteiger partial charge >= 0.3 is 11.9 Å². The molecule has 0 saturated heterocycles. The molecule has 0 aromatic carbocycles. The average Bonchev–Trinajstić information content (AvgIpc) is 3.12. The first kappa shape index (κ1) is 50.5. The van der Waals surface area contributed by atoms with E-state index in [0.29, 0.717) is 19.3 Å².